The maximum atomic E-state index is 12.8. The Morgan fingerprint density at radius 2 is 1.85 bits per heavy atom. The number of thiophene rings is 1. The van der Waals surface area contributed by atoms with Crippen LogP contribution in [0.15, 0.2) is 71.2 Å². The SMILES string of the molecule is C[C@@H](Sc1nnc(-c2ccccc2Cl)n1Cc1ccccc1)C(=O)Nc1sccc1C(N)=O. The number of amides is 2. The minimum atomic E-state index is -0.584. The third-order valence-corrected chi connectivity index (χ3v) is 7.07. The first kappa shape index (κ1) is 23.0. The predicted molar refractivity (Wildman–Crippen MR) is 133 cm³/mol. The van der Waals surface area contributed by atoms with Crippen molar-refractivity contribution in [3.63, 3.8) is 0 Å². The molecule has 2 amide bonds. The normalized spacial score (nSPS) is 11.8. The van der Waals surface area contributed by atoms with Crippen molar-refractivity contribution >= 4 is 51.5 Å². The van der Waals surface area contributed by atoms with Crippen molar-refractivity contribution in [3.05, 3.63) is 82.2 Å². The highest BCUT2D eigenvalue weighted by Crippen LogP contribution is 2.32. The molecule has 0 unspecified atom stereocenters. The fraction of sp³-hybridized carbons (Fsp3) is 0.130. The molecule has 1 atom stereocenters. The van der Waals surface area contributed by atoms with Gasteiger partial charge in [0.1, 0.15) is 5.00 Å². The molecule has 0 radical (unpaired) electrons. The van der Waals surface area contributed by atoms with Gasteiger partial charge in [0.2, 0.25) is 5.91 Å². The summed E-state index contributed by atoms with van der Waals surface area (Å²) in [6.45, 7) is 2.29. The summed E-state index contributed by atoms with van der Waals surface area (Å²) in [4.78, 5) is 24.4. The lowest BCUT2D eigenvalue weighted by molar-refractivity contribution is -0.115. The van der Waals surface area contributed by atoms with E-state index in [1.165, 1.54) is 23.1 Å². The lowest BCUT2D eigenvalue weighted by Gasteiger charge is -2.14. The van der Waals surface area contributed by atoms with Gasteiger partial charge in [-0.25, -0.2) is 0 Å². The number of rotatable bonds is 8. The van der Waals surface area contributed by atoms with Crippen molar-refractivity contribution < 1.29 is 9.59 Å². The fourth-order valence-corrected chi connectivity index (χ4v) is 5.02. The second-order valence-electron chi connectivity index (χ2n) is 7.13. The average molecular weight is 498 g/mol. The molecule has 3 N–H and O–H groups in total. The molecule has 2 heterocycles. The smallest absolute Gasteiger partial charge is 0.251 e. The first-order valence-corrected chi connectivity index (χ1v) is 12.1. The summed E-state index contributed by atoms with van der Waals surface area (Å²) in [7, 11) is 0. The first-order valence-electron chi connectivity index (χ1n) is 10.0. The zero-order valence-corrected chi connectivity index (χ0v) is 20.0. The predicted octanol–water partition coefficient (Wildman–Crippen LogP) is 4.93. The highest BCUT2D eigenvalue weighted by Gasteiger charge is 2.23. The molecule has 0 spiro atoms. The van der Waals surface area contributed by atoms with Crippen LogP contribution >= 0.6 is 34.7 Å². The van der Waals surface area contributed by atoms with E-state index in [0.29, 0.717) is 33.1 Å². The van der Waals surface area contributed by atoms with E-state index in [-0.39, 0.29) is 5.91 Å². The maximum absolute atomic E-state index is 12.8. The number of carbonyl (C=O) groups excluding carboxylic acids is 2. The molecule has 10 heteroatoms. The Balaban J connectivity index is 1.61. The van der Waals surface area contributed by atoms with Crippen LogP contribution in [0.5, 0.6) is 0 Å². The van der Waals surface area contributed by atoms with E-state index < -0.39 is 11.2 Å². The van der Waals surface area contributed by atoms with Gasteiger partial charge in [-0.15, -0.1) is 21.5 Å². The van der Waals surface area contributed by atoms with Crippen LogP contribution in [0.2, 0.25) is 5.02 Å². The van der Waals surface area contributed by atoms with Crippen molar-refractivity contribution in [3.8, 4) is 11.4 Å². The van der Waals surface area contributed by atoms with Crippen LogP contribution in [0, 0.1) is 0 Å². The lowest BCUT2D eigenvalue weighted by Crippen LogP contribution is -2.24. The Morgan fingerprint density at radius 1 is 1.12 bits per heavy atom. The van der Waals surface area contributed by atoms with E-state index in [9.17, 15) is 9.59 Å². The highest BCUT2D eigenvalue weighted by molar-refractivity contribution is 8.00. The Bertz CT molecular complexity index is 1290. The minimum Gasteiger partial charge on any atom is -0.366 e. The summed E-state index contributed by atoms with van der Waals surface area (Å²) in [6.07, 6.45) is 0. The van der Waals surface area contributed by atoms with E-state index in [0.717, 1.165) is 11.1 Å². The average Bonchev–Trinajstić information content (AvgIpc) is 3.42. The van der Waals surface area contributed by atoms with Gasteiger partial charge >= 0.3 is 0 Å². The Hall–Kier alpha value is -3.14. The molecule has 2 aromatic heterocycles. The van der Waals surface area contributed by atoms with Crippen molar-refractivity contribution in [2.24, 2.45) is 5.73 Å². The molecule has 0 saturated heterocycles. The van der Waals surface area contributed by atoms with Crippen LogP contribution in [-0.4, -0.2) is 31.8 Å². The summed E-state index contributed by atoms with van der Waals surface area (Å²) in [6, 6.07) is 19.0. The zero-order chi connectivity index (χ0) is 23.4. The topological polar surface area (TPSA) is 103 Å². The van der Waals surface area contributed by atoms with Crippen LogP contribution in [0.4, 0.5) is 5.00 Å². The van der Waals surface area contributed by atoms with Gasteiger partial charge in [-0.2, -0.15) is 0 Å². The molecule has 4 rings (SSSR count). The Labute approximate surface area is 204 Å². The quantitative estimate of drug-likeness (QED) is 0.336. The molecular weight excluding hydrogens is 478 g/mol. The van der Waals surface area contributed by atoms with E-state index in [1.54, 1.807) is 24.4 Å². The summed E-state index contributed by atoms with van der Waals surface area (Å²) in [5, 5.41) is 14.3. The molecule has 0 bridgehead atoms. The van der Waals surface area contributed by atoms with Gasteiger partial charge in [0.15, 0.2) is 11.0 Å². The molecule has 7 nitrogen and oxygen atoms in total. The largest absolute Gasteiger partial charge is 0.366 e. The molecule has 168 valence electrons. The Morgan fingerprint density at radius 3 is 2.58 bits per heavy atom. The van der Waals surface area contributed by atoms with Crippen molar-refractivity contribution in [2.45, 2.75) is 23.9 Å². The second-order valence-corrected chi connectivity index (χ2v) is 9.77. The minimum absolute atomic E-state index is 0.265. The molecule has 4 aromatic rings. The van der Waals surface area contributed by atoms with Gasteiger partial charge < -0.3 is 11.1 Å². The number of aromatic nitrogens is 3. The van der Waals surface area contributed by atoms with Crippen molar-refractivity contribution in [1.29, 1.82) is 0 Å². The summed E-state index contributed by atoms with van der Waals surface area (Å²) < 4.78 is 1.95. The fourth-order valence-electron chi connectivity index (χ4n) is 3.15. The third kappa shape index (κ3) is 5.27. The number of carbonyl (C=O) groups is 2. The van der Waals surface area contributed by atoms with Crippen molar-refractivity contribution in [2.75, 3.05) is 5.32 Å². The number of halogens is 1. The van der Waals surface area contributed by atoms with Gasteiger partial charge in [0, 0.05) is 5.56 Å². The van der Waals surface area contributed by atoms with Gasteiger partial charge in [-0.3, -0.25) is 14.2 Å². The van der Waals surface area contributed by atoms with E-state index >= 15 is 0 Å². The molecule has 0 aliphatic carbocycles. The van der Waals surface area contributed by atoms with E-state index in [4.69, 9.17) is 17.3 Å². The first-order chi connectivity index (χ1) is 15.9. The molecule has 0 aliphatic heterocycles. The number of anilines is 1. The third-order valence-electron chi connectivity index (χ3n) is 4.83. The number of benzene rings is 2. The van der Waals surface area contributed by atoms with E-state index in [2.05, 4.69) is 15.5 Å². The zero-order valence-electron chi connectivity index (χ0n) is 17.6. The monoisotopic (exact) mass is 497 g/mol. The summed E-state index contributed by atoms with van der Waals surface area (Å²) in [5.41, 5.74) is 7.49. The number of thioether (sulfide) groups is 1. The van der Waals surface area contributed by atoms with Crippen LogP contribution in [0.25, 0.3) is 11.4 Å². The number of nitrogens with zero attached hydrogens (tertiary/aromatic N) is 3. The van der Waals surface area contributed by atoms with Gasteiger partial charge in [0.25, 0.3) is 5.91 Å². The van der Waals surface area contributed by atoms with E-state index in [1.807, 2.05) is 53.1 Å². The van der Waals surface area contributed by atoms with Gasteiger partial charge in [-0.1, -0.05) is 65.8 Å². The van der Waals surface area contributed by atoms with Gasteiger partial charge in [-0.05, 0) is 36.1 Å². The lowest BCUT2D eigenvalue weighted by atomic mass is 10.2. The molecule has 0 saturated carbocycles. The number of nitrogens with one attached hydrogen (secondary N) is 1. The van der Waals surface area contributed by atoms with Crippen LogP contribution in [0.3, 0.4) is 0 Å². The number of hydrogen-bond acceptors (Lipinski definition) is 6. The molecule has 2 aromatic carbocycles. The highest BCUT2D eigenvalue weighted by atomic mass is 35.5. The standard InChI is InChI=1S/C23H20ClN5O2S2/c1-14(21(31)26-22-17(19(25)30)11-12-32-22)33-23-28-27-20(16-9-5-6-10-18(16)24)29(23)13-15-7-3-2-4-8-15/h2-12,14H,13H2,1H3,(H2,25,30)(H,26,31)/t14-/m1/s1. The van der Waals surface area contributed by atoms with Crippen molar-refractivity contribution in [1.82, 2.24) is 14.8 Å². The number of primary amides is 1. The van der Waals surface area contributed by atoms with Crippen LogP contribution in [0.1, 0.15) is 22.8 Å². The summed E-state index contributed by atoms with van der Waals surface area (Å²) in [5.74, 6) is -0.230. The molecule has 33 heavy (non-hydrogen) atoms. The number of hydrogen-bond donors (Lipinski definition) is 2. The van der Waals surface area contributed by atoms with Crippen LogP contribution < -0.4 is 11.1 Å². The molecule has 0 aliphatic rings. The molecule has 0 fully saturated rings. The number of nitrogens with two attached hydrogens (primary N) is 1. The van der Waals surface area contributed by atoms with Gasteiger partial charge in [0.05, 0.1) is 22.4 Å². The summed E-state index contributed by atoms with van der Waals surface area (Å²) >= 11 is 8.96. The molecular formula is C23H20ClN5O2S2. The Kier molecular flexibility index (Phi) is 7.12. The van der Waals surface area contributed by atoms with Crippen LogP contribution in [-0.2, 0) is 11.3 Å². The maximum Gasteiger partial charge on any atom is 0.251 e. The second kappa shape index (κ2) is 10.2.